The fraction of sp³-hybridized carbons (Fsp3) is 0.237. The van der Waals surface area contributed by atoms with E-state index in [2.05, 4.69) is 0 Å². The van der Waals surface area contributed by atoms with Gasteiger partial charge in [-0.1, -0.05) is 91.9 Å². The van der Waals surface area contributed by atoms with E-state index in [1.807, 2.05) is 91.0 Å². The average Bonchev–Trinajstić information content (AvgIpc) is 3.31. The van der Waals surface area contributed by atoms with Crippen molar-refractivity contribution in [2.45, 2.75) is 32.0 Å². The molecule has 2 atom stereocenters. The van der Waals surface area contributed by atoms with Crippen molar-refractivity contribution in [1.29, 1.82) is 0 Å². The summed E-state index contributed by atoms with van der Waals surface area (Å²) in [5.41, 5.74) is 2.45. The highest BCUT2D eigenvalue weighted by Crippen LogP contribution is 2.46. The molecular weight excluding hydrogens is 594 g/mol. The van der Waals surface area contributed by atoms with Crippen LogP contribution in [0.1, 0.15) is 30.0 Å². The van der Waals surface area contributed by atoms with E-state index in [1.165, 1.54) is 0 Å². The van der Waals surface area contributed by atoms with Crippen LogP contribution in [0.25, 0.3) is 0 Å². The summed E-state index contributed by atoms with van der Waals surface area (Å²) in [5.74, 6) is -0.786. The first-order valence-electron chi connectivity index (χ1n) is 15.7. The summed E-state index contributed by atoms with van der Waals surface area (Å²) in [6, 6.07) is 31.6. The third-order valence-electron chi connectivity index (χ3n) is 8.73. The molecule has 0 saturated heterocycles. The lowest BCUT2D eigenvalue weighted by Gasteiger charge is -2.29. The first kappa shape index (κ1) is 31.7. The maximum Gasteiger partial charge on any atom is 0.269 e. The molecule has 2 N–H and O–H groups in total. The van der Waals surface area contributed by atoms with Crippen molar-refractivity contribution in [2.75, 3.05) is 29.6 Å². The first-order valence-corrected chi connectivity index (χ1v) is 15.7. The summed E-state index contributed by atoms with van der Waals surface area (Å²) in [5, 5.41) is 21.5. The summed E-state index contributed by atoms with van der Waals surface area (Å²) < 4.78 is 5.57. The summed E-state index contributed by atoms with van der Waals surface area (Å²) in [7, 11) is 0. The second-order valence-electron chi connectivity index (χ2n) is 11.8. The zero-order valence-corrected chi connectivity index (χ0v) is 26.2. The average molecular weight is 632 g/mol. The van der Waals surface area contributed by atoms with Gasteiger partial charge in [0.25, 0.3) is 11.8 Å². The van der Waals surface area contributed by atoms with Crippen LogP contribution in [-0.4, -0.2) is 52.6 Å². The number of nitrogens with zero attached hydrogens (tertiary/aromatic N) is 3. The quantitative estimate of drug-likeness (QED) is 0.224. The van der Waals surface area contributed by atoms with Gasteiger partial charge in [0, 0.05) is 36.7 Å². The molecule has 0 bridgehead atoms. The number of aliphatic hydroxyl groups is 2. The van der Waals surface area contributed by atoms with Crippen molar-refractivity contribution in [1.82, 2.24) is 4.90 Å². The fourth-order valence-electron chi connectivity index (χ4n) is 6.23. The van der Waals surface area contributed by atoms with Crippen LogP contribution in [0.5, 0.6) is 5.75 Å². The van der Waals surface area contributed by atoms with Crippen LogP contribution in [0, 0.1) is 5.92 Å². The number of ether oxygens (including phenoxy) is 1. The minimum Gasteiger partial charge on any atom is -0.482 e. The molecule has 0 aliphatic carbocycles. The third-order valence-corrected chi connectivity index (χ3v) is 8.73. The lowest BCUT2D eigenvalue weighted by molar-refractivity contribution is -0.139. The van der Waals surface area contributed by atoms with Crippen LogP contribution >= 0.6 is 0 Å². The molecule has 4 aromatic carbocycles. The van der Waals surface area contributed by atoms with Crippen molar-refractivity contribution >= 4 is 34.8 Å². The molecule has 0 fully saturated rings. The van der Waals surface area contributed by atoms with Gasteiger partial charge in [0.15, 0.2) is 12.2 Å². The Bertz CT molecular complexity index is 1790. The van der Waals surface area contributed by atoms with E-state index in [9.17, 15) is 24.6 Å². The Morgan fingerprint density at radius 3 is 2.34 bits per heavy atom. The van der Waals surface area contributed by atoms with Crippen molar-refractivity contribution < 1.29 is 29.3 Å². The van der Waals surface area contributed by atoms with Gasteiger partial charge >= 0.3 is 0 Å². The number of carbonyl (C=O) groups is 3. The molecule has 240 valence electrons. The molecule has 0 unspecified atom stereocenters. The number of anilines is 3. The first-order chi connectivity index (χ1) is 22.8. The molecule has 6 rings (SSSR count). The van der Waals surface area contributed by atoms with Crippen LogP contribution in [-0.2, 0) is 33.1 Å². The van der Waals surface area contributed by atoms with Crippen LogP contribution < -0.4 is 14.5 Å². The molecule has 0 spiro atoms. The highest BCUT2D eigenvalue weighted by atomic mass is 16.5. The number of hydrogen-bond donors (Lipinski definition) is 2. The van der Waals surface area contributed by atoms with Gasteiger partial charge in [-0.05, 0) is 41.5 Å². The maximum absolute atomic E-state index is 14.0. The Labute approximate surface area is 273 Å². The van der Waals surface area contributed by atoms with E-state index in [0.29, 0.717) is 34.9 Å². The van der Waals surface area contributed by atoms with E-state index in [1.54, 1.807) is 45.9 Å². The van der Waals surface area contributed by atoms with E-state index in [4.69, 9.17) is 4.74 Å². The van der Waals surface area contributed by atoms with Gasteiger partial charge in [0.2, 0.25) is 5.91 Å². The summed E-state index contributed by atoms with van der Waals surface area (Å²) in [6.45, 7) is 2.37. The molecule has 9 nitrogen and oxygen atoms in total. The second kappa shape index (κ2) is 13.6. The van der Waals surface area contributed by atoms with Crippen molar-refractivity contribution in [3.8, 4) is 5.75 Å². The van der Waals surface area contributed by atoms with Gasteiger partial charge < -0.3 is 24.7 Å². The Kier molecular flexibility index (Phi) is 9.19. The van der Waals surface area contributed by atoms with Crippen LogP contribution in [0.4, 0.5) is 17.1 Å². The summed E-state index contributed by atoms with van der Waals surface area (Å²) in [6.07, 6.45) is 3.46. The van der Waals surface area contributed by atoms with Crippen molar-refractivity contribution in [3.63, 3.8) is 0 Å². The number of benzene rings is 4. The molecule has 0 radical (unpaired) electrons. The van der Waals surface area contributed by atoms with Crippen LogP contribution in [0.15, 0.2) is 115 Å². The van der Waals surface area contributed by atoms with Crippen LogP contribution in [0.3, 0.4) is 0 Å². The third kappa shape index (κ3) is 6.27. The van der Waals surface area contributed by atoms with Crippen molar-refractivity contribution in [2.24, 2.45) is 5.92 Å². The minimum absolute atomic E-state index is 0.0498. The molecule has 9 heteroatoms. The number of hydrogen-bond acceptors (Lipinski definition) is 6. The van der Waals surface area contributed by atoms with Gasteiger partial charge in [-0.3, -0.25) is 19.3 Å². The molecule has 2 aliphatic heterocycles. The fourth-order valence-corrected chi connectivity index (χ4v) is 6.23. The zero-order valence-electron chi connectivity index (χ0n) is 26.2. The van der Waals surface area contributed by atoms with Gasteiger partial charge in [-0.25, -0.2) is 0 Å². The Balaban J connectivity index is 1.17. The van der Waals surface area contributed by atoms with Crippen LogP contribution in [0.2, 0.25) is 0 Å². The molecule has 3 amide bonds. The topological polar surface area (TPSA) is 111 Å². The highest BCUT2D eigenvalue weighted by molar-refractivity contribution is 6.07. The van der Waals surface area contributed by atoms with Gasteiger partial charge in [-0.15, -0.1) is 0 Å². The standard InChI is InChI=1S/C38H37N3O6/c1-27(10-9-17-35(43)39(22-23-42)24-28-11-3-2-4-12-28)38(46)31-13-5-6-14-32(31)40(37(38)45)25-29-18-20-30(21-19-29)41-33-15-7-8-16-34(33)47-26-36(41)44/h2-16,18-21,27,42,46H,17,22-26H2,1H3/b10-9+/t27-,38+/m0/s1. The molecule has 2 heterocycles. The Morgan fingerprint density at radius 2 is 1.60 bits per heavy atom. The molecular formula is C38H37N3O6. The van der Waals surface area contributed by atoms with E-state index in [-0.39, 0.29) is 44.5 Å². The van der Waals surface area contributed by atoms with E-state index < -0.39 is 17.4 Å². The number of carbonyl (C=O) groups excluding carboxylic acids is 3. The van der Waals surface area contributed by atoms with Gasteiger partial charge in [0.1, 0.15) is 5.75 Å². The van der Waals surface area contributed by atoms with Gasteiger partial charge in [0.05, 0.1) is 24.5 Å². The largest absolute Gasteiger partial charge is 0.482 e. The second-order valence-corrected chi connectivity index (χ2v) is 11.8. The number of fused-ring (bicyclic) bond motifs is 2. The van der Waals surface area contributed by atoms with Crippen molar-refractivity contribution in [3.05, 3.63) is 132 Å². The number of rotatable bonds is 11. The van der Waals surface area contributed by atoms with Gasteiger partial charge in [-0.2, -0.15) is 0 Å². The predicted molar refractivity (Wildman–Crippen MR) is 179 cm³/mol. The van der Waals surface area contributed by atoms with E-state index >= 15 is 0 Å². The SMILES string of the molecule is C[C@@H](/C=C/CC(=O)N(CCO)Cc1ccccc1)[C@]1(O)C(=O)N(Cc2ccc(N3C(=O)COc4ccccc43)cc2)c2ccccc21. The molecule has 0 aromatic heterocycles. The number of aliphatic hydroxyl groups excluding tert-OH is 1. The lowest BCUT2D eigenvalue weighted by Crippen LogP contribution is -2.44. The predicted octanol–water partition coefficient (Wildman–Crippen LogP) is 5.08. The normalized spacial score (nSPS) is 17.8. The Hall–Kier alpha value is -5.25. The summed E-state index contributed by atoms with van der Waals surface area (Å²) in [4.78, 5) is 44.6. The number of amides is 3. The molecule has 47 heavy (non-hydrogen) atoms. The number of para-hydroxylation sites is 3. The molecule has 4 aromatic rings. The molecule has 2 aliphatic rings. The monoisotopic (exact) mass is 631 g/mol. The zero-order chi connectivity index (χ0) is 33.0. The minimum atomic E-state index is -1.82. The maximum atomic E-state index is 14.0. The smallest absolute Gasteiger partial charge is 0.269 e. The lowest BCUT2D eigenvalue weighted by atomic mass is 9.83. The van der Waals surface area contributed by atoms with E-state index in [0.717, 1.165) is 11.1 Å². The molecule has 0 saturated carbocycles. The highest BCUT2D eigenvalue weighted by Gasteiger charge is 2.52. The summed E-state index contributed by atoms with van der Waals surface area (Å²) >= 11 is 0. The Morgan fingerprint density at radius 1 is 0.915 bits per heavy atom.